The second-order valence-corrected chi connectivity index (χ2v) is 6.89. The highest BCUT2D eigenvalue weighted by Crippen LogP contribution is 2.27. The van der Waals surface area contributed by atoms with Crippen LogP contribution in [0.5, 0.6) is 5.75 Å². The van der Waals surface area contributed by atoms with Crippen molar-refractivity contribution in [1.82, 2.24) is 4.98 Å². The summed E-state index contributed by atoms with van der Waals surface area (Å²) < 4.78 is 5.32. The molecular formula is C25H20N2O3. The summed E-state index contributed by atoms with van der Waals surface area (Å²) in [5.74, 6) is 0.461. The Morgan fingerprint density at radius 3 is 2.40 bits per heavy atom. The second kappa shape index (κ2) is 8.17. The van der Waals surface area contributed by atoms with Gasteiger partial charge in [0.05, 0.1) is 23.9 Å². The average molecular weight is 396 g/mol. The summed E-state index contributed by atoms with van der Waals surface area (Å²) in [5.41, 5.74) is 4.02. The molecule has 0 atom stereocenters. The quantitative estimate of drug-likeness (QED) is 0.461. The summed E-state index contributed by atoms with van der Waals surface area (Å²) in [6.45, 7) is 1.51. The highest BCUT2D eigenvalue weighted by molar-refractivity contribution is 6.13. The molecule has 0 unspecified atom stereocenters. The van der Waals surface area contributed by atoms with Crippen LogP contribution in [-0.4, -0.2) is 23.8 Å². The number of benzene rings is 3. The van der Waals surface area contributed by atoms with E-state index in [1.165, 1.54) is 6.92 Å². The zero-order chi connectivity index (χ0) is 21.1. The molecule has 1 heterocycles. The van der Waals surface area contributed by atoms with Gasteiger partial charge in [-0.3, -0.25) is 9.59 Å². The number of ether oxygens (including phenoxy) is 1. The molecule has 0 aliphatic rings. The number of amides is 1. The molecular weight excluding hydrogens is 376 g/mol. The van der Waals surface area contributed by atoms with Gasteiger partial charge in [-0.05, 0) is 55.5 Å². The Morgan fingerprint density at radius 2 is 1.67 bits per heavy atom. The Morgan fingerprint density at radius 1 is 0.900 bits per heavy atom. The van der Waals surface area contributed by atoms with E-state index < -0.39 is 0 Å². The number of anilines is 1. The molecule has 1 aromatic heterocycles. The third kappa shape index (κ3) is 3.91. The van der Waals surface area contributed by atoms with E-state index in [9.17, 15) is 9.59 Å². The molecule has 3 aromatic carbocycles. The molecule has 1 amide bonds. The van der Waals surface area contributed by atoms with Gasteiger partial charge in [0.2, 0.25) is 0 Å². The van der Waals surface area contributed by atoms with Crippen molar-refractivity contribution >= 4 is 28.3 Å². The number of nitrogens with one attached hydrogen (secondary N) is 1. The van der Waals surface area contributed by atoms with Crippen molar-refractivity contribution in [2.75, 3.05) is 12.4 Å². The normalized spacial score (nSPS) is 10.6. The third-order valence-electron chi connectivity index (χ3n) is 4.88. The van der Waals surface area contributed by atoms with E-state index in [4.69, 9.17) is 9.72 Å². The maximum absolute atomic E-state index is 13.1. The predicted molar refractivity (Wildman–Crippen MR) is 118 cm³/mol. The van der Waals surface area contributed by atoms with Gasteiger partial charge in [0.25, 0.3) is 5.91 Å². The van der Waals surface area contributed by atoms with E-state index in [2.05, 4.69) is 5.32 Å². The molecule has 0 fully saturated rings. The third-order valence-corrected chi connectivity index (χ3v) is 4.88. The number of pyridine rings is 1. The smallest absolute Gasteiger partial charge is 0.256 e. The molecule has 5 heteroatoms. The number of ketones is 1. The van der Waals surface area contributed by atoms with Gasteiger partial charge in [-0.15, -0.1) is 0 Å². The highest BCUT2D eigenvalue weighted by Gasteiger charge is 2.15. The Hall–Kier alpha value is -3.99. The fourth-order valence-corrected chi connectivity index (χ4v) is 3.28. The van der Waals surface area contributed by atoms with Crippen molar-refractivity contribution in [3.63, 3.8) is 0 Å². The van der Waals surface area contributed by atoms with Crippen LogP contribution in [-0.2, 0) is 0 Å². The van der Waals surface area contributed by atoms with Gasteiger partial charge in [-0.2, -0.15) is 0 Å². The lowest BCUT2D eigenvalue weighted by Gasteiger charge is -2.11. The molecule has 0 spiro atoms. The monoisotopic (exact) mass is 396 g/mol. The highest BCUT2D eigenvalue weighted by atomic mass is 16.5. The largest absolute Gasteiger partial charge is 0.497 e. The summed E-state index contributed by atoms with van der Waals surface area (Å²) >= 11 is 0. The number of hydrogen-bond donors (Lipinski definition) is 1. The molecule has 0 aliphatic carbocycles. The number of fused-ring (bicyclic) bond motifs is 1. The summed E-state index contributed by atoms with van der Waals surface area (Å²) in [5, 5.41) is 3.68. The van der Waals surface area contributed by atoms with Crippen LogP contribution in [0.15, 0.2) is 78.9 Å². The minimum Gasteiger partial charge on any atom is -0.497 e. The standard InChI is InChI=1S/C25H20N2O3/c1-16(28)17-10-12-19(13-11-17)26-25(29)22-15-24(18-6-5-7-20(14-18)30-2)27-23-9-4-3-8-21(22)23/h3-15H,1-2H3,(H,26,29). The van der Waals surface area contributed by atoms with Crippen molar-refractivity contribution in [1.29, 1.82) is 0 Å². The number of para-hydroxylation sites is 1. The van der Waals surface area contributed by atoms with Crippen molar-refractivity contribution in [3.05, 3.63) is 90.0 Å². The van der Waals surface area contributed by atoms with Gasteiger partial charge < -0.3 is 10.1 Å². The lowest BCUT2D eigenvalue weighted by Crippen LogP contribution is -2.13. The summed E-state index contributed by atoms with van der Waals surface area (Å²) in [7, 11) is 1.61. The molecule has 1 N–H and O–H groups in total. The van der Waals surface area contributed by atoms with Crippen LogP contribution < -0.4 is 10.1 Å². The van der Waals surface area contributed by atoms with E-state index in [0.29, 0.717) is 22.5 Å². The predicted octanol–water partition coefficient (Wildman–Crippen LogP) is 5.37. The molecule has 0 aliphatic heterocycles. The molecule has 5 nitrogen and oxygen atoms in total. The molecule has 0 saturated heterocycles. The van der Waals surface area contributed by atoms with Crippen LogP contribution in [0.2, 0.25) is 0 Å². The Kier molecular flexibility index (Phi) is 5.26. The fourth-order valence-electron chi connectivity index (χ4n) is 3.28. The minimum absolute atomic E-state index is 0.0177. The lowest BCUT2D eigenvalue weighted by molar-refractivity contribution is 0.101. The van der Waals surface area contributed by atoms with Crippen molar-refractivity contribution in [2.45, 2.75) is 6.92 Å². The first-order valence-corrected chi connectivity index (χ1v) is 9.52. The minimum atomic E-state index is -0.242. The van der Waals surface area contributed by atoms with Gasteiger partial charge in [0.1, 0.15) is 5.75 Å². The van der Waals surface area contributed by atoms with Crippen LogP contribution in [0.3, 0.4) is 0 Å². The summed E-state index contributed by atoms with van der Waals surface area (Å²) in [4.78, 5) is 29.3. The zero-order valence-electron chi connectivity index (χ0n) is 16.7. The van der Waals surface area contributed by atoms with E-state index in [1.807, 2.05) is 48.5 Å². The molecule has 0 radical (unpaired) electrons. The van der Waals surface area contributed by atoms with Crippen molar-refractivity contribution in [2.24, 2.45) is 0 Å². The molecule has 30 heavy (non-hydrogen) atoms. The Bertz CT molecular complexity index is 1250. The molecule has 148 valence electrons. The number of Topliss-reactive ketones (excluding diaryl/α,β-unsaturated/α-hetero) is 1. The van der Waals surface area contributed by atoms with Crippen LogP contribution in [0.25, 0.3) is 22.2 Å². The molecule has 4 aromatic rings. The SMILES string of the molecule is COc1cccc(-c2cc(C(=O)Nc3ccc(C(C)=O)cc3)c3ccccc3n2)c1. The van der Waals surface area contributed by atoms with Crippen molar-refractivity contribution in [3.8, 4) is 17.0 Å². The number of nitrogens with zero attached hydrogens (tertiary/aromatic N) is 1. The maximum Gasteiger partial charge on any atom is 0.256 e. The number of hydrogen-bond acceptors (Lipinski definition) is 4. The van der Waals surface area contributed by atoms with Gasteiger partial charge in [-0.1, -0.05) is 30.3 Å². The lowest BCUT2D eigenvalue weighted by atomic mass is 10.0. The number of carbonyl (C=O) groups excluding carboxylic acids is 2. The van der Waals surface area contributed by atoms with Crippen LogP contribution >= 0.6 is 0 Å². The zero-order valence-corrected chi connectivity index (χ0v) is 16.7. The topological polar surface area (TPSA) is 68.3 Å². The van der Waals surface area contributed by atoms with E-state index in [-0.39, 0.29) is 11.7 Å². The number of aromatic nitrogens is 1. The molecule has 0 saturated carbocycles. The second-order valence-electron chi connectivity index (χ2n) is 6.89. The number of rotatable bonds is 5. The van der Waals surface area contributed by atoms with Crippen LogP contribution in [0.4, 0.5) is 5.69 Å². The van der Waals surface area contributed by atoms with E-state index >= 15 is 0 Å². The summed E-state index contributed by atoms with van der Waals surface area (Å²) in [6, 6.07) is 23.8. The van der Waals surface area contributed by atoms with E-state index in [1.54, 1.807) is 37.4 Å². The Balaban J connectivity index is 1.75. The number of carbonyl (C=O) groups is 2. The molecule has 4 rings (SSSR count). The fraction of sp³-hybridized carbons (Fsp3) is 0.0800. The first-order valence-electron chi connectivity index (χ1n) is 9.52. The first-order chi connectivity index (χ1) is 14.5. The molecule has 0 bridgehead atoms. The Labute approximate surface area is 174 Å². The average Bonchev–Trinajstić information content (AvgIpc) is 2.78. The van der Waals surface area contributed by atoms with Crippen LogP contribution in [0, 0.1) is 0 Å². The van der Waals surface area contributed by atoms with Gasteiger partial charge in [-0.25, -0.2) is 4.98 Å². The maximum atomic E-state index is 13.1. The number of methoxy groups -OCH3 is 1. The van der Waals surface area contributed by atoms with E-state index in [0.717, 1.165) is 22.2 Å². The van der Waals surface area contributed by atoms with Gasteiger partial charge >= 0.3 is 0 Å². The first kappa shape index (κ1) is 19.3. The summed E-state index contributed by atoms with van der Waals surface area (Å²) in [6.07, 6.45) is 0. The van der Waals surface area contributed by atoms with Crippen LogP contribution in [0.1, 0.15) is 27.6 Å². The van der Waals surface area contributed by atoms with Crippen molar-refractivity contribution < 1.29 is 14.3 Å². The van der Waals surface area contributed by atoms with Gasteiger partial charge in [0, 0.05) is 22.2 Å². The van der Waals surface area contributed by atoms with Gasteiger partial charge in [0.15, 0.2) is 5.78 Å².